The third-order valence-corrected chi connectivity index (χ3v) is 1.60. The highest BCUT2D eigenvalue weighted by molar-refractivity contribution is 5.75. The number of hydrogen-bond acceptors (Lipinski definition) is 2. The molecule has 1 aliphatic rings. The Morgan fingerprint density at radius 3 is 3.00 bits per heavy atom. The Bertz CT molecular complexity index is 140. The van der Waals surface area contributed by atoms with Crippen LogP contribution in [0, 0.1) is 5.41 Å². The number of hydrogen-bond donors (Lipinski definition) is 2. The van der Waals surface area contributed by atoms with Gasteiger partial charge in [-0.05, 0) is 24.8 Å². The standard InChI is InChI=1S/C7H11NO/c8-5-6-1-3-7(9)4-2-6/h1,5,7-9H,2-4H2. The van der Waals surface area contributed by atoms with Crippen molar-refractivity contribution >= 4 is 6.21 Å². The Morgan fingerprint density at radius 2 is 2.56 bits per heavy atom. The first-order chi connectivity index (χ1) is 4.33. The highest BCUT2D eigenvalue weighted by Gasteiger charge is 2.08. The van der Waals surface area contributed by atoms with Gasteiger partial charge in [0.25, 0.3) is 0 Å². The third-order valence-electron chi connectivity index (χ3n) is 1.60. The molecule has 2 nitrogen and oxygen atoms in total. The molecule has 0 aromatic rings. The molecule has 0 saturated carbocycles. The van der Waals surface area contributed by atoms with E-state index in [4.69, 9.17) is 10.5 Å². The van der Waals surface area contributed by atoms with Crippen molar-refractivity contribution in [2.45, 2.75) is 25.4 Å². The molecular weight excluding hydrogens is 114 g/mol. The van der Waals surface area contributed by atoms with E-state index in [1.165, 1.54) is 6.21 Å². The van der Waals surface area contributed by atoms with E-state index in [0.29, 0.717) is 0 Å². The molecule has 1 aliphatic carbocycles. The summed E-state index contributed by atoms with van der Waals surface area (Å²) in [4.78, 5) is 0. The Labute approximate surface area is 54.7 Å². The molecule has 0 aromatic carbocycles. The monoisotopic (exact) mass is 125 g/mol. The fourth-order valence-electron chi connectivity index (χ4n) is 0.972. The van der Waals surface area contributed by atoms with Gasteiger partial charge in [0, 0.05) is 6.21 Å². The molecule has 0 radical (unpaired) electrons. The van der Waals surface area contributed by atoms with Gasteiger partial charge in [0.2, 0.25) is 0 Å². The Balaban J connectivity index is 2.49. The zero-order valence-electron chi connectivity index (χ0n) is 5.30. The van der Waals surface area contributed by atoms with E-state index < -0.39 is 0 Å². The molecule has 0 bridgehead atoms. The van der Waals surface area contributed by atoms with Gasteiger partial charge in [-0.25, -0.2) is 0 Å². The van der Waals surface area contributed by atoms with Gasteiger partial charge < -0.3 is 10.5 Å². The molecule has 0 aromatic heterocycles. The van der Waals surface area contributed by atoms with Crippen LogP contribution in [-0.4, -0.2) is 17.4 Å². The first-order valence-electron chi connectivity index (χ1n) is 3.20. The second kappa shape index (κ2) is 2.78. The van der Waals surface area contributed by atoms with Crippen LogP contribution in [0.5, 0.6) is 0 Å². The van der Waals surface area contributed by atoms with Gasteiger partial charge in [-0.15, -0.1) is 0 Å². The maximum Gasteiger partial charge on any atom is 0.0578 e. The summed E-state index contributed by atoms with van der Waals surface area (Å²) >= 11 is 0. The molecule has 0 amide bonds. The first-order valence-corrected chi connectivity index (χ1v) is 3.20. The molecule has 0 fully saturated rings. The smallest absolute Gasteiger partial charge is 0.0578 e. The zero-order valence-corrected chi connectivity index (χ0v) is 5.30. The molecule has 50 valence electrons. The lowest BCUT2D eigenvalue weighted by Crippen LogP contribution is -2.10. The Hall–Kier alpha value is -0.630. The van der Waals surface area contributed by atoms with E-state index in [0.717, 1.165) is 24.8 Å². The van der Waals surface area contributed by atoms with Crippen LogP contribution in [0.2, 0.25) is 0 Å². The number of aliphatic hydroxyl groups excluding tert-OH is 1. The fourth-order valence-corrected chi connectivity index (χ4v) is 0.972. The van der Waals surface area contributed by atoms with Gasteiger partial charge in [-0.2, -0.15) is 0 Å². The molecule has 2 N–H and O–H groups in total. The van der Waals surface area contributed by atoms with Crippen molar-refractivity contribution in [3.8, 4) is 0 Å². The highest BCUT2D eigenvalue weighted by atomic mass is 16.3. The third kappa shape index (κ3) is 1.64. The average Bonchev–Trinajstić information content (AvgIpc) is 1.90. The molecule has 0 spiro atoms. The summed E-state index contributed by atoms with van der Waals surface area (Å²) in [5, 5.41) is 15.9. The molecule has 1 atom stereocenters. The van der Waals surface area contributed by atoms with E-state index in [9.17, 15) is 0 Å². The fraction of sp³-hybridized carbons (Fsp3) is 0.571. The van der Waals surface area contributed by atoms with E-state index >= 15 is 0 Å². The minimum absolute atomic E-state index is 0.159. The van der Waals surface area contributed by atoms with Crippen LogP contribution in [0.4, 0.5) is 0 Å². The Kier molecular flexibility index (Phi) is 2.01. The average molecular weight is 125 g/mol. The summed E-state index contributed by atoms with van der Waals surface area (Å²) in [7, 11) is 0. The van der Waals surface area contributed by atoms with Crippen LogP contribution in [0.15, 0.2) is 11.6 Å². The van der Waals surface area contributed by atoms with Gasteiger partial charge in [-0.3, -0.25) is 0 Å². The molecule has 2 heteroatoms. The van der Waals surface area contributed by atoms with E-state index in [1.54, 1.807) is 0 Å². The van der Waals surface area contributed by atoms with Crippen molar-refractivity contribution in [1.29, 1.82) is 5.41 Å². The predicted octanol–water partition coefficient (Wildman–Crippen LogP) is 1.11. The quantitative estimate of drug-likeness (QED) is 0.506. The summed E-state index contributed by atoms with van der Waals surface area (Å²) < 4.78 is 0. The van der Waals surface area contributed by atoms with Gasteiger partial charge in [0.05, 0.1) is 6.10 Å². The van der Waals surface area contributed by atoms with Crippen LogP contribution in [0.25, 0.3) is 0 Å². The number of aliphatic hydroxyl groups is 1. The summed E-state index contributed by atoms with van der Waals surface area (Å²) in [6.07, 6.45) is 5.55. The van der Waals surface area contributed by atoms with E-state index in [-0.39, 0.29) is 6.10 Å². The zero-order chi connectivity index (χ0) is 6.69. The molecule has 1 unspecified atom stereocenters. The summed E-state index contributed by atoms with van der Waals surface area (Å²) in [6, 6.07) is 0. The van der Waals surface area contributed by atoms with Crippen molar-refractivity contribution in [3.05, 3.63) is 11.6 Å². The lowest BCUT2D eigenvalue weighted by atomic mass is 9.98. The van der Waals surface area contributed by atoms with Gasteiger partial charge in [-0.1, -0.05) is 6.08 Å². The highest BCUT2D eigenvalue weighted by Crippen LogP contribution is 2.15. The topological polar surface area (TPSA) is 44.1 Å². The molecule has 0 saturated heterocycles. The van der Waals surface area contributed by atoms with Crippen LogP contribution >= 0.6 is 0 Å². The van der Waals surface area contributed by atoms with Crippen molar-refractivity contribution < 1.29 is 5.11 Å². The SMILES string of the molecule is N=CC1=CCC(O)CC1. The van der Waals surface area contributed by atoms with Crippen molar-refractivity contribution in [3.63, 3.8) is 0 Å². The normalized spacial score (nSPS) is 27.2. The van der Waals surface area contributed by atoms with Crippen LogP contribution in [0.3, 0.4) is 0 Å². The van der Waals surface area contributed by atoms with E-state index in [2.05, 4.69) is 0 Å². The van der Waals surface area contributed by atoms with Gasteiger partial charge in [0.15, 0.2) is 0 Å². The first kappa shape index (κ1) is 6.49. The Morgan fingerprint density at radius 1 is 1.78 bits per heavy atom. The largest absolute Gasteiger partial charge is 0.393 e. The van der Waals surface area contributed by atoms with Crippen LogP contribution in [-0.2, 0) is 0 Å². The van der Waals surface area contributed by atoms with Crippen LogP contribution in [0.1, 0.15) is 19.3 Å². The lowest BCUT2D eigenvalue weighted by molar-refractivity contribution is 0.163. The molecule has 1 rings (SSSR count). The molecule has 0 heterocycles. The molecule has 9 heavy (non-hydrogen) atoms. The van der Waals surface area contributed by atoms with Crippen molar-refractivity contribution in [2.24, 2.45) is 0 Å². The minimum Gasteiger partial charge on any atom is -0.393 e. The van der Waals surface area contributed by atoms with Gasteiger partial charge >= 0.3 is 0 Å². The molecular formula is C7H11NO. The molecule has 0 aliphatic heterocycles. The maximum absolute atomic E-state index is 9.00. The van der Waals surface area contributed by atoms with Crippen LogP contribution < -0.4 is 0 Å². The summed E-state index contributed by atoms with van der Waals surface area (Å²) in [6.45, 7) is 0. The predicted molar refractivity (Wildman–Crippen MR) is 36.7 cm³/mol. The maximum atomic E-state index is 9.00. The summed E-state index contributed by atoms with van der Waals surface area (Å²) in [5.74, 6) is 0. The second-order valence-electron chi connectivity index (χ2n) is 2.35. The van der Waals surface area contributed by atoms with Crippen molar-refractivity contribution in [1.82, 2.24) is 0 Å². The van der Waals surface area contributed by atoms with Crippen molar-refractivity contribution in [2.75, 3.05) is 0 Å². The minimum atomic E-state index is -0.159. The number of allylic oxidation sites excluding steroid dienone is 1. The second-order valence-corrected chi connectivity index (χ2v) is 2.35. The number of rotatable bonds is 1. The number of nitrogens with one attached hydrogen (secondary N) is 1. The summed E-state index contributed by atoms with van der Waals surface area (Å²) in [5.41, 5.74) is 1.06. The lowest BCUT2D eigenvalue weighted by Gasteiger charge is -2.13. The van der Waals surface area contributed by atoms with Gasteiger partial charge in [0.1, 0.15) is 0 Å². The van der Waals surface area contributed by atoms with E-state index in [1.807, 2.05) is 6.08 Å².